The van der Waals surface area contributed by atoms with Gasteiger partial charge >= 0.3 is 0 Å². The number of halogens is 1. The molecular weight excluding hydrogens is 359 g/mol. The van der Waals surface area contributed by atoms with Crippen LogP contribution in [0.4, 0.5) is 4.39 Å². The molecule has 5 nitrogen and oxygen atoms in total. The number of rotatable bonds is 5. The van der Waals surface area contributed by atoms with Crippen LogP contribution in [0.2, 0.25) is 0 Å². The van der Waals surface area contributed by atoms with Gasteiger partial charge in [-0.25, -0.2) is 9.87 Å². The molecule has 3 rings (SSSR count). The van der Waals surface area contributed by atoms with Gasteiger partial charge in [0.25, 0.3) is 11.8 Å². The maximum Gasteiger partial charge on any atom is 0.267 e. The second-order valence-corrected chi connectivity index (χ2v) is 6.54. The smallest absolute Gasteiger partial charge is 0.267 e. The van der Waals surface area contributed by atoms with Crippen LogP contribution in [0.15, 0.2) is 54.6 Å². The van der Waals surface area contributed by atoms with Crippen LogP contribution in [0.25, 0.3) is 17.7 Å². The van der Waals surface area contributed by atoms with E-state index in [1.807, 2.05) is 17.0 Å². The van der Waals surface area contributed by atoms with E-state index in [-0.39, 0.29) is 11.7 Å². The molecule has 144 valence electrons. The quantitative estimate of drug-likeness (QED) is 0.361. The van der Waals surface area contributed by atoms with Crippen LogP contribution in [-0.4, -0.2) is 35.0 Å². The van der Waals surface area contributed by atoms with Crippen LogP contribution in [-0.2, 0) is 9.59 Å². The maximum absolute atomic E-state index is 13.3. The molecule has 2 aromatic rings. The second kappa shape index (κ2) is 9.10. The van der Waals surface area contributed by atoms with Crippen LogP contribution >= 0.6 is 0 Å². The molecule has 2 amide bonds. The van der Waals surface area contributed by atoms with E-state index in [1.165, 1.54) is 23.7 Å². The summed E-state index contributed by atoms with van der Waals surface area (Å²) < 4.78 is 13.3. The van der Waals surface area contributed by atoms with Gasteiger partial charge in [0.05, 0.1) is 0 Å². The number of hydrogen-bond acceptors (Lipinski definition) is 3. The van der Waals surface area contributed by atoms with Crippen molar-refractivity contribution in [1.29, 1.82) is 0 Å². The van der Waals surface area contributed by atoms with E-state index >= 15 is 0 Å². The van der Waals surface area contributed by atoms with Gasteiger partial charge < -0.3 is 4.90 Å². The number of nitrogens with one attached hydrogen (secondary N) is 1. The lowest BCUT2D eigenvalue weighted by Crippen LogP contribution is -2.28. The Hall–Kier alpha value is -3.25. The molecule has 0 radical (unpaired) electrons. The zero-order chi connectivity index (χ0) is 19.9. The number of hydrogen-bond donors (Lipinski definition) is 2. The molecule has 1 aliphatic heterocycles. The molecule has 2 aromatic carbocycles. The minimum atomic E-state index is -0.612. The first-order valence-electron chi connectivity index (χ1n) is 9.06. The van der Waals surface area contributed by atoms with E-state index in [4.69, 9.17) is 5.21 Å². The van der Waals surface area contributed by atoms with Crippen molar-refractivity contribution in [3.05, 3.63) is 77.1 Å². The minimum Gasteiger partial charge on any atom is -0.339 e. The van der Waals surface area contributed by atoms with Crippen molar-refractivity contribution in [3.63, 3.8) is 0 Å². The van der Waals surface area contributed by atoms with E-state index < -0.39 is 5.91 Å². The molecule has 0 unspecified atom stereocenters. The van der Waals surface area contributed by atoms with Crippen molar-refractivity contribution in [1.82, 2.24) is 10.4 Å². The van der Waals surface area contributed by atoms with Crippen molar-refractivity contribution in [2.24, 2.45) is 0 Å². The second-order valence-electron chi connectivity index (χ2n) is 6.54. The zero-order valence-corrected chi connectivity index (χ0v) is 15.3. The maximum atomic E-state index is 13.3. The Bertz CT molecular complexity index is 896. The van der Waals surface area contributed by atoms with Gasteiger partial charge in [0, 0.05) is 24.7 Å². The molecule has 0 bridgehead atoms. The molecule has 1 fully saturated rings. The van der Waals surface area contributed by atoms with Crippen LogP contribution in [0.5, 0.6) is 0 Å². The van der Waals surface area contributed by atoms with E-state index in [1.54, 1.807) is 36.4 Å². The summed E-state index contributed by atoms with van der Waals surface area (Å²) in [6, 6.07) is 13.2. The Labute approximate surface area is 162 Å². The largest absolute Gasteiger partial charge is 0.339 e. The summed E-state index contributed by atoms with van der Waals surface area (Å²) in [5.41, 5.74) is 4.31. The Morgan fingerprint density at radius 2 is 1.57 bits per heavy atom. The normalized spacial score (nSPS) is 14.5. The average Bonchev–Trinajstić information content (AvgIpc) is 3.26. The summed E-state index contributed by atoms with van der Waals surface area (Å²) in [7, 11) is 0. The number of likely N-dealkylation sites (tertiary alicyclic amines) is 1. The summed E-state index contributed by atoms with van der Waals surface area (Å²) >= 11 is 0. The first kappa shape index (κ1) is 19.5. The number of nitrogens with zero attached hydrogens (tertiary/aromatic N) is 1. The number of carbonyl (C=O) groups excluding carboxylic acids is 2. The van der Waals surface area contributed by atoms with Gasteiger partial charge in [0.2, 0.25) is 0 Å². The van der Waals surface area contributed by atoms with Crippen LogP contribution in [0.1, 0.15) is 29.5 Å². The van der Waals surface area contributed by atoms with Gasteiger partial charge in [0.1, 0.15) is 5.82 Å². The number of hydroxylamine groups is 1. The topological polar surface area (TPSA) is 69.6 Å². The van der Waals surface area contributed by atoms with Gasteiger partial charge in [-0.3, -0.25) is 14.8 Å². The van der Waals surface area contributed by atoms with Crippen molar-refractivity contribution >= 4 is 29.5 Å². The highest BCUT2D eigenvalue weighted by molar-refractivity contribution is 6.24. The Balaban J connectivity index is 1.89. The standard InChI is InChI=1S/C22H21FN2O3/c23-19-10-8-18(9-11-19)20(22(27)25-13-1-2-14-25)15-17-5-3-16(4-6-17)7-12-21(26)24-28/h3-12,15,28H,1-2,13-14H2,(H,24,26)/b12-7+,20-15+. The van der Waals surface area contributed by atoms with Gasteiger partial charge in [-0.05, 0) is 53.8 Å². The molecule has 0 spiro atoms. The molecule has 1 aliphatic rings. The number of carbonyl (C=O) groups is 2. The van der Waals surface area contributed by atoms with Gasteiger partial charge in [-0.1, -0.05) is 36.4 Å². The predicted octanol–water partition coefficient (Wildman–Crippen LogP) is 3.51. The highest BCUT2D eigenvalue weighted by atomic mass is 19.1. The molecule has 28 heavy (non-hydrogen) atoms. The summed E-state index contributed by atoms with van der Waals surface area (Å²) in [6.07, 6.45) is 6.55. The van der Waals surface area contributed by atoms with Crippen LogP contribution in [0.3, 0.4) is 0 Å². The van der Waals surface area contributed by atoms with Crippen LogP contribution < -0.4 is 5.48 Å². The third kappa shape index (κ3) is 4.92. The number of benzene rings is 2. The molecule has 2 N–H and O–H groups in total. The number of amides is 2. The van der Waals surface area contributed by atoms with Crippen LogP contribution in [0, 0.1) is 5.82 Å². The molecular formula is C22H21FN2O3. The summed E-state index contributed by atoms with van der Waals surface area (Å²) in [6.45, 7) is 1.46. The zero-order valence-electron chi connectivity index (χ0n) is 15.3. The van der Waals surface area contributed by atoms with E-state index in [9.17, 15) is 14.0 Å². The van der Waals surface area contributed by atoms with Gasteiger partial charge in [0.15, 0.2) is 0 Å². The highest BCUT2D eigenvalue weighted by Crippen LogP contribution is 2.24. The molecule has 1 heterocycles. The fourth-order valence-electron chi connectivity index (χ4n) is 3.07. The first-order valence-corrected chi connectivity index (χ1v) is 9.06. The lowest BCUT2D eigenvalue weighted by atomic mass is 10.0. The third-order valence-electron chi connectivity index (χ3n) is 4.56. The minimum absolute atomic E-state index is 0.0623. The molecule has 6 heteroatoms. The fraction of sp³-hybridized carbons (Fsp3) is 0.182. The summed E-state index contributed by atoms with van der Waals surface area (Å²) in [5, 5.41) is 8.51. The van der Waals surface area contributed by atoms with Gasteiger partial charge in [-0.2, -0.15) is 0 Å². The lowest BCUT2D eigenvalue weighted by Gasteiger charge is -2.18. The molecule has 1 saturated heterocycles. The predicted molar refractivity (Wildman–Crippen MR) is 105 cm³/mol. The monoisotopic (exact) mass is 380 g/mol. The summed E-state index contributed by atoms with van der Waals surface area (Å²) in [5.74, 6) is -1.02. The Morgan fingerprint density at radius 3 is 2.18 bits per heavy atom. The fourth-order valence-corrected chi connectivity index (χ4v) is 3.07. The first-order chi connectivity index (χ1) is 13.6. The average molecular weight is 380 g/mol. The summed E-state index contributed by atoms with van der Waals surface area (Å²) in [4.78, 5) is 25.9. The van der Waals surface area contributed by atoms with Crippen molar-refractivity contribution in [3.8, 4) is 0 Å². The SMILES string of the molecule is O=C(/C=C/c1ccc(/C=C(/C(=O)N2CCCC2)c2ccc(F)cc2)cc1)NO. The van der Waals surface area contributed by atoms with E-state index in [2.05, 4.69) is 0 Å². The van der Waals surface area contributed by atoms with Gasteiger partial charge in [-0.15, -0.1) is 0 Å². The third-order valence-corrected chi connectivity index (χ3v) is 4.56. The molecule has 0 saturated carbocycles. The van der Waals surface area contributed by atoms with Crippen molar-refractivity contribution in [2.45, 2.75) is 12.8 Å². The highest BCUT2D eigenvalue weighted by Gasteiger charge is 2.22. The molecule has 0 aromatic heterocycles. The van der Waals surface area contributed by atoms with E-state index in [0.29, 0.717) is 11.1 Å². The Kier molecular flexibility index (Phi) is 6.34. The van der Waals surface area contributed by atoms with E-state index in [0.717, 1.165) is 37.1 Å². The lowest BCUT2D eigenvalue weighted by molar-refractivity contribution is -0.124. The molecule has 0 atom stereocenters. The Morgan fingerprint density at radius 1 is 0.964 bits per heavy atom. The molecule has 0 aliphatic carbocycles. The van der Waals surface area contributed by atoms with Crippen molar-refractivity contribution < 1.29 is 19.2 Å². The van der Waals surface area contributed by atoms with Crippen molar-refractivity contribution in [2.75, 3.05) is 13.1 Å².